The number of hydrogen-bond acceptors (Lipinski definition) is 3. The number of halogens is 2. The molecule has 1 aliphatic carbocycles. The third-order valence-electron chi connectivity index (χ3n) is 4.36. The highest BCUT2D eigenvalue weighted by molar-refractivity contribution is 6.30. The summed E-state index contributed by atoms with van der Waals surface area (Å²) in [4.78, 5) is 24.2. The normalized spacial score (nSPS) is 18.3. The van der Waals surface area contributed by atoms with E-state index in [4.69, 9.17) is 17.3 Å². The number of urea groups is 1. The van der Waals surface area contributed by atoms with Crippen LogP contribution in [0.2, 0.25) is 5.02 Å². The van der Waals surface area contributed by atoms with Gasteiger partial charge in [0.2, 0.25) is 5.91 Å². The second-order valence-electron chi connectivity index (χ2n) is 6.42. The van der Waals surface area contributed by atoms with Crippen molar-refractivity contribution in [2.75, 3.05) is 16.0 Å². The smallest absolute Gasteiger partial charge is 0.323 e. The molecular formula is C19H22Cl2N4O2. The van der Waals surface area contributed by atoms with Crippen molar-refractivity contribution in [3.05, 3.63) is 53.6 Å². The Morgan fingerprint density at radius 2 is 1.33 bits per heavy atom. The summed E-state index contributed by atoms with van der Waals surface area (Å²) < 4.78 is 0. The van der Waals surface area contributed by atoms with E-state index in [-0.39, 0.29) is 36.3 Å². The number of benzene rings is 2. The molecule has 0 aromatic heterocycles. The van der Waals surface area contributed by atoms with E-state index in [0.29, 0.717) is 22.1 Å². The van der Waals surface area contributed by atoms with Crippen molar-refractivity contribution in [3.63, 3.8) is 0 Å². The van der Waals surface area contributed by atoms with Crippen molar-refractivity contribution in [1.29, 1.82) is 0 Å². The van der Waals surface area contributed by atoms with Crippen LogP contribution >= 0.6 is 24.0 Å². The molecule has 0 radical (unpaired) electrons. The van der Waals surface area contributed by atoms with E-state index in [1.807, 2.05) is 0 Å². The minimum Gasteiger partial charge on any atom is -0.328 e. The second kappa shape index (κ2) is 9.60. The lowest BCUT2D eigenvalue weighted by molar-refractivity contribution is -0.119. The highest BCUT2D eigenvalue weighted by Crippen LogP contribution is 2.25. The van der Waals surface area contributed by atoms with Gasteiger partial charge in [0.15, 0.2) is 0 Å². The fourth-order valence-electron chi connectivity index (χ4n) is 2.96. The molecule has 0 heterocycles. The number of rotatable bonds is 4. The Hall–Kier alpha value is -2.28. The van der Waals surface area contributed by atoms with Gasteiger partial charge in [-0.05, 0) is 67.8 Å². The van der Waals surface area contributed by atoms with Gasteiger partial charge >= 0.3 is 6.03 Å². The van der Waals surface area contributed by atoms with E-state index in [1.165, 1.54) is 0 Å². The summed E-state index contributed by atoms with van der Waals surface area (Å²) in [5.41, 5.74) is 7.81. The molecule has 0 bridgehead atoms. The first-order valence-corrected chi connectivity index (χ1v) is 8.87. The highest BCUT2D eigenvalue weighted by atomic mass is 35.5. The van der Waals surface area contributed by atoms with Gasteiger partial charge < -0.3 is 21.7 Å². The predicted octanol–water partition coefficient (Wildman–Crippen LogP) is 4.47. The van der Waals surface area contributed by atoms with Crippen molar-refractivity contribution in [2.45, 2.75) is 25.3 Å². The lowest BCUT2D eigenvalue weighted by Crippen LogP contribution is -2.23. The Labute approximate surface area is 169 Å². The van der Waals surface area contributed by atoms with Crippen LogP contribution in [0, 0.1) is 5.92 Å². The van der Waals surface area contributed by atoms with Crippen LogP contribution in [0.1, 0.15) is 19.3 Å². The lowest BCUT2D eigenvalue weighted by Gasteiger charge is -2.12. The average molecular weight is 409 g/mol. The summed E-state index contributed by atoms with van der Waals surface area (Å²) in [6.07, 6.45) is 2.46. The molecule has 3 rings (SSSR count). The molecule has 3 amide bonds. The quantitative estimate of drug-likeness (QED) is 0.600. The molecule has 6 nitrogen and oxygen atoms in total. The molecule has 2 unspecified atom stereocenters. The third-order valence-corrected chi connectivity index (χ3v) is 4.61. The summed E-state index contributed by atoms with van der Waals surface area (Å²) in [5, 5.41) is 8.95. The zero-order valence-electron chi connectivity index (χ0n) is 14.6. The molecule has 2 aromatic rings. The van der Waals surface area contributed by atoms with Crippen LogP contribution in [0.5, 0.6) is 0 Å². The van der Waals surface area contributed by atoms with E-state index in [1.54, 1.807) is 48.5 Å². The van der Waals surface area contributed by atoms with Gasteiger partial charge in [0.25, 0.3) is 0 Å². The molecule has 8 heteroatoms. The standard InChI is InChI=1S/C19H21ClN4O2.ClH/c20-13-2-5-16(6-3-13)23-19(26)24-17-9-7-15(8-10-17)22-18(25)12-1-4-14(21)11-12;/h2-3,5-10,12,14H,1,4,11,21H2,(H,22,25)(H2,23,24,26);1H. The Bertz CT molecular complexity index is 781. The minimum atomic E-state index is -0.357. The summed E-state index contributed by atoms with van der Waals surface area (Å²) in [6.45, 7) is 0. The van der Waals surface area contributed by atoms with E-state index >= 15 is 0 Å². The molecule has 0 aliphatic heterocycles. The van der Waals surface area contributed by atoms with Crippen LogP contribution in [-0.4, -0.2) is 18.0 Å². The molecule has 1 aliphatic rings. The number of nitrogens with two attached hydrogens (primary N) is 1. The first-order chi connectivity index (χ1) is 12.5. The van der Waals surface area contributed by atoms with Crippen molar-refractivity contribution >= 4 is 53.0 Å². The van der Waals surface area contributed by atoms with Crippen LogP contribution in [0.15, 0.2) is 48.5 Å². The average Bonchev–Trinajstić information content (AvgIpc) is 3.05. The number of carbonyl (C=O) groups is 2. The Morgan fingerprint density at radius 1 is 0.852 bits per heavy atom. The fraction of sp³-hybridized carbons (Fsp3) is 0.263. The van der Waals surface area contributed by atoms with Gasteiger partial charge in [-0.2, -0.15) is 0 Å². The number of carbonyl (C=O) groups excluding carboxylic acids is 2. The number of anilines is 3. The molecule has 0 saturated heterocycles. The molecule has 144 valence electrons. The molecule has 1 saturated carbocycles. The first kappa shape index (κ1) is 21.0. The minimum absolute atomic E-state index is 0. The molecule has 5 N–H and O–H groups in total. The number of amides is 3. The molecule has 1 fully saturated rings. The van der Waals surface area contributed by atoms with E-state index < -0.39 is 0 Å². The maximum Gasteiger partial charge on any atom is 0.323 e. The van der Waals surface area contributed by atoms with Crippen LogP contribution in [0.3, 0.4) is 0 Å². The monoisotopic (exact) mass is 408 g/mol. The maximum absolute atomic E-state index is 12.2. The third kappa shape index (κ3) is 6.13. The molecule has 2 aromatic carbocycles. The predicted molar refractivity (Wildman–Crippen MR) is 112 cm³/mol. The molecule has 0 spiro atoms. The zero-order chi connectivity index (χ0) is 18.5. The van der Waals surface area contributed by atoms with Crippen molar-refractivity contribution in [3.8, 4) is 0 Å². The van der Waals surface area contributed by atoms with Gasteiger partial charge in [-0.3, -0.25) is 4.79 Å². The van der Waals surface area contributed by atoms with Crippen LogP contribution in [-0.2, 0) is 4.79 Å². The van der Waals surface area contributed by atoms with Gasteiger partial charge in [0.05, 0.1) is 0 Å². The molecule has 27 heavy (non-hydrogen) atoms. The second-order valence-corrected chi connectivity index (χ2v) is 6.86. The Morgan fingerprint density at radius 3 is 1.81 bits per heavy atom. The number of nitrogens with one attached hydrogen (secondary N) is 3. The first-order valence-electron chi connectivity index (χ1n) is 8.49. The maximum atomic E-state index is 12.2. The summed E-state index contributed by atoms with van der Waals surface area (Å²) in [5.74, 6) is -0.0212. The van der Waals surface area contributed by atoms with Gasteiger partial charge in [0.1, 0.15) is 0 Å². The van der Waals surface area contributed by atoms with Gasteiger partial charge in [-0.15, -0.1) is 12.4 Å². The largest absolute Gasteiger partial charge is 0.328 e. The fourth-order valence-corrected chi connectivity index (χ4v) is 3.09. The Kier molecular flexibility index (Phi) is 7.47. The summed E-state index contributed by atoms with van der Waals surface area (Å²) in [6, 6.07) is 13.6. The van der Waals surface area contributed by atoms with E-state index in [2.05, 4.69) is 16.0 Å². The lowest BCUT2D eigenvalue weighted by atomic mass is 10.1. The molecule has 2 atom stereocenters. The SMILES string of the molecule is Cl.NC1CCC(C(=O)Nc2ccc(NC(=O)Nc3ccc(Cl)cc3)cc2)C1. The van der Waals surface area contributed by atoms with E-state index in [0.717, 1.165) is 19.3 Å². The van der Waals surface area contributed by atoms with Gasteiger partial charge in [-0.1, -0.05) is 11.6 Å². The van der Waals surface area contributed by atoms with Crippen molar-refractivity contribution in [1.82, 2.24) is 0 Å². The van der Waals surface area contributed by atoms with E-state index in [9.17, 15) is 9.59 Å². The number of hydrogen-bond donors (Lipinski definition) is 4. The van der Waals surface area contributed by atoms with Crippen molar-refractivity contribution in [2.24, 2.45) is 11.7 Å². The van der Waals surface area contributed by atoms with Crippen molar-refractivity contribution < 1.29 is 9.59 Å². The zero-order valence-corrected chi connectivity index (χ0v) is 16.1. The summed E-state index contributed by atoms with van der Waals surface area (Å²) >= 11 is 5.81. The van der Waals surface area contributed by atoms with Crippen LogP contribution < -0.4 is 21.7 Å². The summed E-state index contributed by atoms with van der Waals surface area (Å²) in [7, 11) is 0. The topological polar surface area (TPSA) is 96.2 Å². The van der Waals surface area contributed by atoms with Gasteiger partial charge in [-0.25, -0.2) is 4.79 Å². The van der Waals surface area contributed by atoms with Crippen LogP contribution in [0.4, 0.5) is 21.9 Å². The van der Waals surface area contributed by atoms with Crippen LogP contribution in [0.25, 0.3) is 0 Å². The molecular weight excluding hydrogens is 387 g/mol. The highest BCUT2D eigenvalue weighted by Gasteiger charge is 2.27. The van der Waals surface area contributed by atoms with Gasteiger partial charge in [0, 0.05) is 34.0 Å². The Balaban J connectivity index is 0.00000261.